The first-order valence-electron chi connectivity index (χ1n) is 4.69. The van der Waals surface area contributed by atoms with E-state index in [1.807, 2.05) is 0 Å². The largest absolute Gasteiger partial charge is 0.494 e. The van der Waals surface area contributed by atoms with Crippen molar-refractivity contribution in [2.75, 3.05) is 19.9 Å². The lowest BCUT2D eigenvalue weighted by Gasteiger charge is -2.05. The Hall–Kier alpha value is -1.14. The second kappa shape index (κ2) is 5.27. The van der Waals surface area contributed by atoms with Gasteiger partial charge in [0.05, 0.1) is 13.4 Å². The highest BCUT2D eigenvalue weighted by atomic mass is 32.2. The van der Waals surface area contributed by atoms with Crippen molar-refractivity contribution in [1.29, 1.82) is 0 Å². The maximum atomic E-state index is 13.2. The quantitative estimate of drug-likeness (QED) is 0.842. The predicted molar refractivity (Wildman–Crippen MR) is 59.5 cm³/mol. The van der Waals surface area contributed by atoms with Crippen molar-refractivity contribution in [3.63, 3.8) is 0 Å². The lowest BCUT2D eigenvalue weighted by atomic mass is 10.1. The fourth-order valence-corrected chi connectivity index (χ4v) is 1.72. The minimum Gasteiger partial charge on any atom is -0.494 e. The Morgan fingerprint density at radius 2 is 2.12 bits per heavy atom. The molecule has 1 aromatic rings. The Labute approximate surface area is 94.5 Å². The molecule has 6 heteroatoms. The lowest BCUT2D eigenvalue weighted by molar-refractivity contribution is 0.386. The first kappa shape index (κ1) is 12.9. The minimum absolute atomic E-state index is 0.180. The highest BCUT2D eigenvalue weighted by molar-refractivity contribution is 7.88. The smallest absolute Gasteiger partial charge is 0.208 e. The van der Waals surface area contributed by atoms with Crippen LogP contribution in [0.15, 0.2) is 18.2 Å². The molecule has 0 aliphatic heterocycles. The van der Waals surface area contributed by atoms with Crippen molar-refractivity contribution < 1.29 is 17.5 Å². The summed E-state index contributed by atoms with van der Waals surface area (Å²) in [5, 5.41) is 0. The molecule has 0 saturated heterocycles. The summed E-state index contributed by atoms with van der Waals surface area (Å²) in [6, 6.07) is 4.56. The van der Waals surface area contributed by atoms with Crippen LogP contribution in [0, 0.1) is 5.82 Å². The number of benzene rings is 1. The van der Waals surface area contributed by atoms with E-state index in [-0.39, 0.29) is 12.3 Å². The maximum absolute atomic E-state index is 13.2. The first-order chi connectivity index (χ1) is 7.42. The number of rotatable bonds is 5. The van der Waals surface area contributed by atoms with E-state index in [1.165, 1.54) is 19.2 Å². The van der Waals surface area contributed by atoms with Crippen molar-refractivity contribution >= 4 is 10.0 Å². The summed E-state index contributed by atoms with van der Waals surface area (Å²) in [4.78, 5) is 0. The second-order valence-corrected chi connectivity index (χ2v) is 5.22. The van der Waals surface area contributed by atoms with Gasteiger partial charge in [0, 0.05) is 6.54 Å². The van der Waals surface area contributed by atoms with Gasteiger partial charge in [-0.2, -0.15) is 0 Å². The van der Waals surface area contributed by atoms with Gasteiger partial charge in [-0.3, -0.25) is 0 Å². The molecular weight excluding hydrogens is 233 g/mol. The number of hydrogen-bond donors (Lipinski definition) is 1. The van der Waals surface area contributed by atoms with Gasteiger partial charge in [0.2, 0.25) is 10.0 Å². The molecule has 1 aromatic carbocycles. The van der Waals surface area contributed by atoms with Crippen molar-refractivity contribution in [3.8, 4) is 5.75 Å². The number of nitrogens with one attached hydrogen (secondary N) is 1. The van der Waals surface area contributed by atoms with Crippen molar-refractivity contribution in [2.45, 2.75) is 6.42 Å². The molecule has 4 nitrogen and oxygen atoms in total. The number of hydrogen-bond acceptors (Lipinski definition) is 3. The van der Waals surface area contributed by atoms with Crippen LogP contribution in [0.4, 0.5) is 4.39 Å². The van der Waals surface area contributed by atoms with Crippen LogP contribution in [0.3, 0.4) is 0 Å². The summed E-state index contributed by atoms with van der Waals surface area (Å²) < 4.78 is 41.9. The topological polar surface area (TPSA) is 55.4 Å². The number of halogens is 1. The molecule has 0 spiro atoms. The predicted octanol–water partition coefficient (Wildman–Crippen LogP) is 0.926. The standard InChI is InChI=1S/C10H14FNO3S/c1-15-10-4-3-8(7-9(10)11)5-6-12-16(2,13)14/h3-4,7,12H,5-6H2,1-2H3. The Kier molecular flexibility index (Phi) is 4.26. The molecule has 0 amide bonds. The summed E-state index contributed by atoms with van der Waals surface area (Å²) >= 11 is 0. The third-order valence-corrected chi connectivity index (χ3v) is 2.72. The number of methoxy groups -OCH3 is 1. The highest BCUT2D eigenvalue weighted by Crippen LogP contribution is 2.17. The zero-order chi connectivity index (χ0) is 12.2. The molecular formula is C10H14FNO3S. The maximum Gasteiger partial charge on any atom is 0.208 e. The van der Waals surface area contributed by atoms with Crippen LogP contribution >= 0.6 is 0 Å². The van der Waals surface area contributed by atoms with Crippen LogP contribution in [0.1, 0.15) is 5.56 Å². The normalized spacial score (nSPS) is 11.4. The molecule has 0 bridgehead atoms. The van der Waals surface area contributed by atoms with Gasteiger partial charge in [-0.15, -0.1) is 0 Å². The minimum atomic E-state index is -3.19. The fraction of sp³-hybridized carbons (Fsp3) is 0.400. The molecule has 0 heterocycles. The van der Waals surface area contributed by atoms with E-state index >= 15 is 0 Å². The van der Waals surface area contributed by atoms with E-state index in [1.54, 1.807) is 6.07 Å². The van der Waals surface area contributed by atoms with Crippen LogP contribution in [0.5, 0.6) is 5.75 Å². The molecule has 0 aliphatic rings. The molecule has 0 aromatic heterocycles. The van der Waals surface area contributed by atoms with Gasteiger partial charge in [-0.05, 0) is 24.1 Å². The van der Waals surface area contributed by atoms with Gasteiger partial charge in [0.25, 0.3) is 0 Å². The molecule has 1 N–H and O–H groups in total. The monoisotopic (exact) mass is 247 g/mol. The van der Waals surface area contributed by atoms with Crippen molar-refractivity contribution in [1.82, 2.24) is 4.72 Å². The summed E-state index contributed by atoms with van der Waals surface area (Å²) in [7, 11) is -1.79. The van der Waals surface area contributed by atoms with Gasteiger partial charge in [-0.1, -0.05) is 6.07 Å². The number of ether oxygens (including phenoxy) is 1. The average Bonchev–Trinajstić information content (AvgIpc) is 2.16. The van der Waals surface area contributed by atoms with Gasteiger partial charge < -0.3 is 4.74 Å². The molecule has 90 valence electrons. The molecule has 1 rings (SSSR count). The van der Waals surface area contributed by atoms with Crippen LogP contribution in [0.2, 0.25) is 0 Å². The third kappa shape index (κ3) is 4.16. The molecule has 0 saturated carbocycles. The fourth-order valence-electron chi connectivity index (χ4n) is 1.25. The van der Waals surface area contributed by atoms with E-state index in [9.17, 15) is 12.8 Å². The van der Waals surface area contributed by atoms with Crippen LogP contribution < -0.4 is 9.46 Å². The first-order valence-corrected chi connectivity index (χ1v) is 6.58. The van der Waals surface area contributed by atoms with Crippen LogP contribution in [0.25, 0.3) is 0 Å². The summed E-state index contributed by atoms with van der Waals surface area (Å²) in [5.74, 6) is -0.265. The third-order valence-electron chi connectivity index (χ3n) is 1.99. The Balaban J connectivity index is 2.59. The number of sulfonamides is 1. The van der Waals surface area contributed by atoms with E-state index < -0.39 is 15.8 Å². The van der Waals surface area contributed by atoms with Gasteiger partial charge >= 0.3 is 0 Å². The molecule has 0 unspecified atom stereocenters. The lowest BCUT2D eigenvalue weighted by Crippen LogP contribution is -2.24. The van der Waals surface area contributed by atoms with Gasteiger partial charge in [0.15, 0.2) is 11.6 Å². The molecule has 0 atom stereocenters. The Bertz CT molecular complexity index is 459. The van der Waals surface area contributed by atoms with Gasteiger partial charge in [0.1, 0.15) is 0 Å². The molecule has 0 radical (unpaired) electrons. The summed E-state index contributed by atoms with van der Waals surface area (Å²) in [5.41, 5.74) is 0.717. The zero-order valence-corrected chi connectivity index (χ0v) is 9.97. The second-order valence-electron chi connectivity index (χ2n) is 3.39. The van der Waals surface area contributed by atoms with Crippen LogP contribution in [-0.2, 0) is 16.4 Å². The SMILES string of the molecule is COc1ccc(CCNS(C)(=O)=O)cc1F. The Morgan fingerprint density at radius 1 is 1.44 bits per heavy atom. The molecule has 16 heavy (non-hydrogen) atoms. The van der Waals surface area contributed by atoms with Crippen molar-refractivity contribution in [2.24, 2.45) is 0 Å². The summed E-state index contributed by atoms with van der Waals surface area (Å²) in [6.45, 7) is 0.255. The molecule has 0 fully saturated rings. The molecule has 0 aliphatic carbocycles. The van der Waals surface area contributed by atoms with E-state index in [2.05, 4.69) is 4.72 Å². The summed E-state index contributed by atoms with van der Waals surface area (Å²) in [6.07, 6.45) is 1.52. The van der Waals surface area contributed by atoms with E-state index in [0.29, 0.717) is 6.42 Å². The Morgan fingerprint density at radius 3 is 2.62 bits per heavy atom. The highest BCUT2D eigenvalue weighted by Gasteiger charge is 2.04. The van der Waals surface area contributed by atoms with Crippen molar-refractivity contribution in [3.05, 3.63) is 29.6 Å². The van der Waals surface area contributed by atoms with E-state index in [4.69, 9.17) is 4.74 Å². The van der Waals surface area contributed by atoms with E-state index in [0.717, 1.165) is 11.8 Å². The average molecular weight is 247 g/mol. The van der Waals surface area contributed by atoms with Gasteiger partial charge in [-0.25, -0.2) is 17.5 Å². The van der Waals surface area contributed by atoms with Crippen LogP contribution in [-0.4, -0.2) is 28.3 Å². The zero-order valence-electron chi connectivity index (χ0n) is 9.16.